The monoisotopic (exact) mass is 491 g/mol. The number of pyridine rings is 1. The fourth-order valence-electron chi connectivity index (χ4n) is 3.51. The Morgan fingerprint density at radius 1 is 1.09 bits per heavy atom. The number of amides is 1. The highest BCUT2D eigenvalue weighted by Crippen LogP contribution is 2.41. The highest BCUT2D eigenvalue weighted by atomic mass is 32.1. The molecule has 1 aromatic carbocycles. The number of hydrogen-bond donors (Lipinski definition) is 0. The van der Waals surface area contributed by atoms with E-state index < -0.39 is 17.6 Å². The van der Waals surface area contributed by atoms with Crippen LogP contribution in [0, 0.1) is 0 Å². The number of hydrogen-bond acceptors (Lipinski definition) is 5. The van der Waals surface area contributed by atoms with Gasteiger partial charge in [0.05, 0.1) is 22.7 Å². The van der Waals surface area contributed by atoms with Gasteiger partial charge in [0.1, 0.15) is 5.75 Å². The SMILES string of the molecule is CCCCCCCCOc1ccc(N(C(C)=O)c2ncc(-c3cccnc3)s2)cc1C(F)(F)F. The number of alkyl halides is 3. The second-order valence-electron chi connectivity index (χ2n) is 7.90. The fourth-order valence-corrected chi connectivity index (χ4v) is 4.48. The number of carbonyl (C=O) groups is 1. The van der Waals surface area contributed by atoms with Crippen LogP contribution in [0.3, 0.4) is 0 Å². The molecule has 0 radical (unpaired) electrons. The lowest BCUT2D eigenvalue weighted by Crippen LogP contribution is -2.23. The average Bonchev–Trinajstić information content (AvgIpc) is 3.28. The minimum atomic E-state index is -4.63. The lowest BCUT2D eigenvalue weighted by atomic mass is 10.1. The van der Waals surface area contributed by atoms with Crippen LogP contribution in [0.25, 0.3) is 10.4 Å². The number of aromatic nitrogens is 2. The van der Waals surface area contributed by atoms with E-state index in [1.807, 2.05) is 6.07 Å². The minimum Gasteiger partial charge on any atom is -0.493 e. The Labute approximate surface area is 201 Å². The molecule has 1 amide bonds. The van der Waals surface area contributed by atoms with Gasteiger partial charge in [-0.05, 0) is 30.7 Å². The topological polar surface area (TPSA) is 55.3 Å². The molecule has 0 saturated heterocycles. The summed E-state index contributed by atoms with van der Waals surface area (Å²) in [6.07, 6.45) is 6.34. The van der Waals surface area contributed by atoms with E-state index in [1.165, 1.54) is 35.3 Å². The molecule has 5 nitrogen and oxygen atoms in total. The number of anilines is 2. The van der Waals surface area contributed by atoms with Crippen LogP contribution in [0.4, 0.5) is 24.0 Å². The van der Waals surface area contributed by atoms with Gasteiger partial charge in [-0.2, -0.15) is 13.2 Å². The van der Waals surface area contributed by atoms with Crippen LogP contribution in [-0.2, 0) is 11.0 Å². The summed E-state index contributed by atoms with van der Waals surface area (Å²) in [6, 6.07) is 7.30. The Balaban J connectivity index is 1.80. The van der Waals surface area contributed by atoms with E-state index in [0.29, 0.717) is 6.42 Å². The van der Waals surface area contributed by atoms with Gasteiger partial charge in [-0.1, -0.05) is 56.4 Å². The number of carbonyl (C=O) groups excluding carboxylic acids is 1. The quantitative estimate of drug-likeness (QED) is 0.259. The van der Waals surface area contributed by atoms with Crippen LogP contribution >= 0.6 is 11.3 Å². The van der Waals surface area contributed by atoms with Crippen molar-refractivity contribution in [1.82, 2.24) is 9.97 Å². The number of ether oxygens (including phenoxy) is 1. The first kappa shape index (κ1) is 25.7. The average molecular weight is 492 g/mol. The van der Waals surface area contributed by atoms with Crippen LogP contribution in [0.1, 0.15) is 57.9 Å². The van der Waals surface area contributed by atoms with Crippen molar-refractivity contribution in [2.45, 2.75) is 58.5 Å². The maximum absolute atomic E-state index is 13.8. The van der Waals surface area contributed by atoms with Gasteiger partial charge < -0.3 is 4.74 Å². The van der Waals surface area contributed by atoms with E-state index >= 15 is 0 Å². The number of thiazole rings is 1. The van der Waals surface area contributed by atoms with Crippen molar-refractivity contribution in [1.29, 1.82) is 0 Å². The summed E-state index contributed by atoms with van der Waals surface area (Å²) in [5, 5.41) is 0.278. The van der Waals surface area contributed by atoms with Gasteiger partial charge in [-0.25, -0.2) is 4.98 Å². The van der Waals surface area contributed by atoms with Gasteiger partial charge >= 0.3 is 6.18 Å². The molecule has 0 aliphatic heterocycles. The summed E-state index contributed by atoms with van der Waals surface area (Å²) < 4.78 is 47.0. The summed E-state index contributed by atoms with van der Waals surface area (Å²) in [5.41, 5.74) is -0.0192. The first-order chi connectivity index (χ1) is 16.3. The highest BCUT2D eigenvalue weighted by molar-refractivity contribution is 7.19. The third-order valence-corrected chi connectivity index (χ3v) is 6.26. The summed E-state index contributed by atoms with van der Waals surface area (Å²) in [6.45, 7) is 3.64. The zero-order chi connectivity index (χ0) is 24.6. The van der Waals surface area contributed by atoms with E-state index in [-0.39, 0.29) is 23.2 Å². The summed E-state index contributed by atoms with van der Waals surface area (Å²) in [5.74, 6) is -0.676. The van der Waals surface area contributed by atoms with Crippen LogP contribution in [-0.4, -0.2) is 22.5 Å². The number of benzene rings is 1. The zero-order valence-electron chi connectivity index (χ0n) is 19.3. The zero-order valence-corrected chi connectivity index (χ0v) is 20.1. The van der Waals surface area contributed by atoms with E-state index in [9.17, 15) is 18.0 Å². The molecule has 0 fully saturated rings. The summed E-state index contributed by atoms with van der Waals surface area (Å²) in [4.78, 5) is 22.7. The van der Waals surface area contributed by atoms with E-state index in [0.717, 1.165) is 48.6 Å². The second-order valence-corrected chi connectivity index (χ2v) is 8.91. The molecule has 34 heavy (non-hydrogen) atoms. The Kier molecular flexibility index (Phi) is 9.04. The predicted octanol–water partition coefficient (Wildman–Crippen LogP) is 7.65. The van der Waals surface area contributed by atoms with Gasteiger partial charge in [0.15, 0.2) is 5.13 Å². The lowest BCUT2D eigenvalue weighted by Gasteiger charge is -2.21. The molecule has 0 unspecified atom stereocenters. The van der Waals surface area contributed by atoms with Crippen molar-refractivity contribution in [2.24, 2.45) is 0 Å². The Morgan fingerprint density at radius 3 is 2.53 bits per heavy atom. The number of nitrogens with zero attached hydrogens (tertiary/aromatic N) is 3. The summed E-state index contributed by atoms with van der Waals surface area (Å²) >= 11 is 1.20. The third-order valence-electron chi connectivity index (χ3n) is 5.23. The van der Waals surface area contributed by atoms with Gasteiger partial charge in [-0.15, -0.1) is 0 Å². The van der Waals surface area contributed by atoms with Crippen LogP contribution < -0.4 is 9.64 Å². The van der Waals surface area contributed by atoms with Crippen LogP contribution in [0.15, 0.2) is 48.9 Å². The maximum atomic E-state index is 13.8. The van der Waals surface area contributed by atoms with Crippen molar-refractivity contribution in [3.63, 3.8) is 0 Å². The minimum absolute atomic E-state index is 0.0822. The molecular formula is C25H28F3N3O2S. The molecule has 0 aliphatic rings. The van der Waals surface area contributed by atoms with Crippen LogP contribution in [0.5, 0.6) is 5.75 Å². The lowest BCUT2D eigenvalue weighted by molar-refractivity contribution is -0.139. The predicted molar refractivity (Wildman–Crippen MR) is 128 cm³/mol. The Morgan fingerprint density at radius 2 is 1.85 bits per heavy atom. The van der Waals surface area contributed by atoms with Gasteiger partial charge in [0.2, 0.25) is 5.91 Å². The normalized spacial score (nSPS) is 11.4. The number of halogens is 3. The molecule has 3 rings (SSSR count). The van der Waals surface area contributed by atoms with Crippen LogP contribution in [0.2, 0.25) is 0 Å². The van der Waals surface area contributed by atoms with Gasteiger partial charge in [0, 0.05) is 31.1 Å². The molecule has 182 valence electrons. The van der Waals surface area contributed by atoms with Crippen molar-refractivity contribution in [3.8, 4) is 16.2 Å². The van der Waals surface area contributed by atoms with Crippen molar-refractivity contribution < 1.29 is 22.7 Å². The molecular weight excluding hydrogens is 463 g/mol. The summed E-state index contributed by atoms with van der Waals surface area (Å²) in [7, 11) is 0. The first-order valence-corrected chi connectivity index (χ1v) is 12.1. The molecule has 0 atom stereocenters. The van der Waals surface area contributed by atoms with Crippen molar-refractivity contribution in [2.75, 3.05) is 11.5 Å². The molecule has 2 heterocycles. The van der Waals surface area contributed by atoms with Gasteiger partial charge in [-0.3, -0.25) is 14.7 Å². The fraction of sp³-hybridized carbons (Fsp3) is 0.400. The van der Waals surface area contributed by atoms with Gasteiger partial charge in [0.25, 0.3) is 0 Å². The molecule has 2 aromatic heterocycles. The highest BCUT2D eigenvalue weighted by Gasteiger charge is 2.35. The van der Waals surface area contributed by atoms with E-state index in [1.54, 1.807) is 24.7 Å². The molecule has 3 aromatic rings. The Bertz CT molecular complexity index is 1070. The van der Waals surface area contributed by atoms with Crippen molar-refractivity contribution >= 4 is 28.1 Å². The third kappa shape index (κ3) is 6.79. The molecule has 0 aliphatic carbocycles. The van der Waals surface area contributed by atoms with E-state index in [4.69, 9.17) is 4.74 Å². The molecule has 0 N–H and O–H groups in total. The Hall–Kier alpha value is -2.94. The molecule has 9 heteroatoms. The second kappa shape index (κ2) is 12.0. The standard InChI is InChI=1S/C25H28F3N3O2S/c1-3-4-5-6-7-8-14-33-22-12-11-20(15-21(22)25(26,27)28)31(18(2)32)24-30-17-23(34-24)19-10-9-13-29-16-19/h9-13,15-17H,3-8,14H2,1-2H3. The van der Waals surface area contributed by atoms with E-state index in [2.05, 4.69) is 16.9 Å². The molecule has 0 bridgehead atoms. The van der Waals surface area contributed by atoms with Crippen molar-refractivity contribution in [3.05, 3.63) is 54.5 Å². The molecule has 0 spiro atoms. The maximum Gasteiger partial charge on any atom is 0.420 e. The largest absolute Gasteiger partial charge is 0.493 e. The molecule has 0 saturated carbocycles. The number of unbranched alkanes of at least 4 members (excludes halogenated alkanes) is 5. The smallest absolute Gasteiger partial charge is 0.420 e. The first-order valence-electron chi connectivity index (χ1n) is 11.3. The number of rotatable bonds is 11.